The lowest BCUT2D eigenvalue weighted by molar-refractivity contribution is -0.134. The average Bonchev–Trinajstić information content (AvgIpc) is 2.66. The van der Waals surface area contributed by atoms with Gasteiger partial charge in [0.25, 0.3) is 0 Å². The van der Waals surface area contributed by atoms with Gasteiger partial charge in [0.2, 0.25) is 0 Å². The summed E-state index contributed by atoms with van der Waals surface area (Å²) in [7, 11) is 0. The number of aromatic carboxylic acids is 1. The van der Waals surface area contributed by atoms with E-state index in [1.165, 1.54) is 36.4 Å². The average molecular weight is 410 g/mol. The van der Waals surface area contributed by atoms with E-state index < -0.39 is 29.0 Å². The zero-order chi connectivity index (χ0) is 21.3. The second kappa shape index (κ2) is 8.46. The van der Waals surface area contributed by atoms with Crippen LogP contribution >= 0.6 is 0 Å². The molecule has 1 aliphatic carbocycles. The highest BCUT2D eigenvalue weighted by atomic mass is 16.4. The molecule has 0 radical (unpaired) electrons. The first-order valence-electron chi connectivity index (χ1n) is 8.47. The maximum atomic E-state index is 11.9. The minimum absolute atomic E-state index is 0. The van der Waals surface area contributed by atoms with E-state index >= 15 is 0 Å². The third-order valence-corrected chi connectivity index (χ3v) is 4.50. The minimum Gasteiger partial charge on any atom is -0.508 e. The van der Waals surface area contributed by atoms with E-state index in [-0.39, 0.29) is 16.8 Å². The van der Waals surface area contributed by atoms with Gasteiger partial charge in [0.1, 0.15) is 22.6 Å². The first kappa shape index (κ1) is 22.1. The number of aryl methyl sites for hydroxylation is 1. The lowest BCUT2D eigenvalue weighted by Gasteiger charge is -2.16. The van der Waals surface area contributed by atoms with Crippen molar-refractivity contribution in [3.8, 4) is 11.5 Å². The molecule has 0 atom stereocenters. The van der Waals surface area contributed by atoms with Crippen LogP contribution in [0.3, 0.4) is 0 Å². The van der Waals surface area contributed by atoms with E-state index in [0.29, 0.717) is 27.8 Å². The number of allylic oxidation sites excluding steroid dienone is 4. The summed E-state index contributed by atoms with van der Waals surface area (Å²) in [5.41, 5.74) is 1.57. The van der Waals surface area contributed by atoms with Crippen LogP contribution in [-0.4, -0.2) is 43.6 Å². The van der Waals surface area contributed by atoms with Crippen molar-refractivity contribution in [2.24, 2.45) is 0 Å². The summed E-state index contributed by atoms with van der Waals surface area (Å²) in [6.07, 6.45) is 3.79. The Morgan fingerprint density at radius 3 is 2.00 bits per heavy atom. The Bertz CT molecular complexity index is 1150. The number of aromatic hydroxyl groups is 2. The molecule has 0 aliphatic heterocycles. The smallest absolute Gasteiger partial charge is 0.339 e. The van der Waals surface area contributed by atoms with Crippen molar-refractivity contribution in [1.29, 1.82) is 0 Å². The zero-order valence-corrected chi connectivity index (χ0v) is 15.7. The maximum Gasteiger partial charge on any atom is 0.339 e. The molecule has 8 nitrogen and oxygen atoms in total. The molecular weight excluding hydrogens is 392 g/mol. The predicted molar refractivity (Wildman–Crippen MR) is 107 cm³/mol. The Morgan fingerprint density at radius 1 is 0.833 bits per heavy atom. The number of carbonyl (C=O) groups is 3. The molecule has 0 aromatic heterocycles. The molecule has 0 saturated carbocycles. The molecule has 2 aromatic rings. The summed E-state index contributed by atoms with van der Waals surface area (Å²) < 4.78 is 0. The monoisotopic (exact) mass is 410 g/mol. The lowest BCUT2D eigenvalue weighted by atomic mass is 9.87. The summed E-state index contributed by atoms with van der Waals surface area (Å²) in [5.74, 6) is -3.71. The van der Waals surface area contributed by atoms with E-state index in [1.54, 1.807) is 19.1 Å². The molecule has 0 bridgehead atoms. The van der Waals surface area contributed by atoms with Crippen molar-refractivity contribution in [3.05, 3.63) is 88.0 Å². The third kappa shape index (κ3) is 4.13. The standard InChI is InChI=1S/C22H16O7.H2O/c1-11-8-12(2-5-17(11)23)20(13-3-6-18(24)15(9-13)21(26)27)14-4-7-19(25)16(10-14)22(28)29;/h2-10,23-24H,1H3,(H,26,27)(H,28,29);1H2/b20-14-;. The molecule has 0 saturated heterocycles. The molecule has 0 fully saturated rings. The van der Waals surface area contributed by atoms with Gasteiger partial charge >= 0.3 is 11.9 Å². The summed E-state index contributed by atoms with van der Waals surface area (Å²) in [6.45, 7) is 1.68. The zero-order valence-electron chi connectivity index (χ0n) is 15.7. The van der Waals surface area contributed by atoms with Crippen LogP contribution in [0.2, 0.25) is 0 Å². The quantitative estimate of drug-likeness (QED) is 0.561. The fourth-order valence-electron chi connectivity index (χ4n) is 3.03. The Labute approximate surface area is 170 Å². The van der Waals surface area contributed by atoms with Crippen LogP contribution in [0.5, 0.6) is 11.5 Å². The SMILES string of the molecule is Cc1cc(/C(=C2\C=CC(=O)C(C(=O)O)=C2)c2ccc(O)c(C(=O)O)c2)ccc1O.O. The van der Waals surface area contributed by atoms with Gasteiger partial charge in [-0.05, 0) is 71.2 Å². The van der Waals surface area contributed by atoms with Gasteiger partial charge in [-0.25, -0.2) is 9.59 Å². The van der Waals surface area contributed by atoms with Crippen molar-refractivity contribution in [3.63, 3.8) is 0 Å². The number of hydrogen-bond acceptors (Lipinski definition) is 5. The van der Waals surface area contributed by atoms with E-state index in [9.17, 15) is 34.8 Å². The van der Waals surface area contributed by atoms with Gasteiger partial charge in [0, 0.05) is 0 Å². The van der Waals surface area contributed by atoms with Gasteiger partial charge in [0.05, 0.1) is 0 Å². The third-order valence-electron chi connectivity index (χ3n) is 4.50. The number of hydrogen-bond donors (Lipinski definition) is 4. The van der Waals surface area contributed by atoms with Gasteiger partial charge in [-0.15, -0.1) is 0 Å². The number of benzene rings is 2. The number of carbonyl (C=O) groups excluding carboxylic acids is 1. The molecule has 1 aliphatic rings. The molecule has 0 heterocycles. The van der Waals surface area contributed by atoms with Crippen LogP contribution < -0.4 is 0 Å². The highest BCUT2D eigenvalue weighted by Crippen LogP contribution is 2.34. The molecule has 0 unspecified atom stereocenters. The fraction of sp³-hybridized carbons (Fsp3) is 0.0455. The van der Waals surface area contributed by atoms with Crippen LogP contribution in [-0.2, 0) is 9.59 Å². The largest absolute Gasteiger partial charge is 0.508 e. The Balaban J connectivity index is 0.00000320. The normalized spacial score (nSPS) is 14.6. The van der Waals surface area contributed by atoms with Gasteiger partial charge < -0.3 is 25.9 Å². The second-order valence-corrected chi connectivity index (χ2v) is 6.43. The van der Waals surface area contributed by atoms with Crippen LogP contribution in [0, 0.1) is 6.92 Å². The Hall–Kier alpha value is -4.17. The first-order valence-corrected chi connectivity index (χ1v) is 8.47. The summed E-state index contributed by atoms with van der Waals surface area (Å²) in [6, 6.07) is 8.70. The fourth-order valence-corrected chi connectivity index (χ4v) is 3.03. The van der Waals surface area contributed by atoms with Crippen molar-refractivity contribution < 1.29 is 40.3 Å². The van der Waals surface area contributed by atoms with Gasteiger partial charge in [-0.1, -0.05) is 18.2 Å². The van der Waals surface area contributed by atoms with Crippen LogP contribution in [0.1, 0.15) is 27.0 Å². The lowest BCUT2D eigenvalue weighted by Crippen LogP contribution is -2.13. The second-order valence-electron chi connectivity index (χ2n) is 6.43. The van der Waals surface area contributed by atoms with E-state index in [4.69, 9.17) is 0 Å². The molecule has 0 spiro atoms. The molecule has 154 valence electrons. The number of carboxylic acids is 2. The van der Waals surface area contributed by atoms with Crippen LogP contribution in [0.15, 0.2) is 65.8 Å². The van der Waals surface area contributed by atoms with Gasteiger partial charge in [0.15, 0.2) is 5.78 Å². The molecule has 0 amide bonds. The van der Waals surface area contributed by atoms with Crippen LogP contribution in [0.25, 0.3) is 5.57 Å². The molecule has 3 rings (SSSR count). The highest BCUT2D eigenvalue weighted by Gasteiger charge is 2.22. The number of phenolic OH excluding ortho intramolecular Hbond substituents is 1. The van der Waals surface area contributed by atoms with E-state index in [2.05, 4.69) is 0 Å². The molecule has 6 N–H and O–H groups in total. The number of carboxylic acid groups (broad SMARTS) is 2. The molecule has 8 heteroatoms. The Morgan fingerprint density at radius 2 is 1.43 bits per heavy atom. The summed E-state index contributed by atoms with van der Waals surface area (Å²) >= 11 is 0. The van der Waals surface area contributed by atoms with Crippen molar-refractivity contribution in [2.75, 3.05) is 0 Å². The summed E-state index contributed by atoms with van der Waals surface area (Å²) in [4.78, 5) is 34.7. The van der Waals surface area contributed by atoms with Crippen LogP contribution in [0.4, 0.5) is 0 Å². The number of aliphatic carboxylic acids is 1. The number of rotatable bonds is 4. The number of ketones is 1. The van der Waals surface area contributed by atoms with Crippen molar-refractivity contribution in [1.82, 2.24) is 0 Å². The highest BCUT2D eigenvalue weighted by molar-refractivity contribution is 6.23. The van der Waals surface area contributed by atoms with E-state index in [1.807, 2.05) is 0 Å². The summed E-state index contributed by atoms with van der Waals surface area (Å²) in [5, 5.41) is 38.3. The van der Waals surface area contributed by atoms with Crippen molar-refractivity contribution in [2.45, 2.75) is 6.92 Å². The Kier molecular flexibility index (Phi) is 6.24. The first-order chi connectivity index (χ1) is 13.7. The minimum atomic E-state index is -1.38. The topological polar surface area (TPSA) is 164 Å². The predicted octanol–water partition coefficient (Wildman–Crippen LogP) is 2.23. The van der Waals surface area contributed by atoms with E-state index in [0.717, 1.165) is 6.08 Å². The number of phenols is 2. The molecular formula is C22H18O8. The van der Waals surface area contributed by atoms with Gasteiger partial charge in [-0.2, -0.15) is 0 Å². The molecule has 30 heavy (non-hydrogen) atoms. The van der Waals surface area contributed by atoms with Crippen molar-refractivity contribution >= 4 is 23.3 Å². The van der Waals surface area contributed by atoms with Gasteiger partial charge in [-0.3, -0.25) is 4.79 Å². The molecule has 2 aromatic carbocycles. The maximum absolute atomic E-state index is 11.9.